The smallest absolute Gasteiger partial charge is 0.339 e. The SMILES string of the molecule is COC(=O)c1cccc(NC2=CC(=O)CCC2C)c1Cl. The number of nitrogens with one attached hydrogen (secondary N) is 1. The van der Waals surface area contributed by atoms with E-state index in [0.717, 1.165) is 12.1 Å². The fourth-order valence-corrected chi connectivity index (χ4v) is 2.36. The van der Waals surface area contributed by atoms with Gasteiger partial charge in [-0.2, -0.15) is 0 Å². The Morgan fingerprint density at radius 2 is 2.20 bits per heavy atom. The van der Waals surface area contributed by atoms with Crippen LogP contribution in [0.25, 0.3) is 0 Å². The standard InChI is InChI=1S/C15H16ClNO3/c1-9-6-7-10(18)8-13(9)17-12-5-3-4-11(14(12)16)15(19)20-2/h3-5,8-9,17H,6-7H2,1-2H3. The Labute approximate surface area is 122 Å². The minimum Gasteiger partial charge on any atom is -0.465 e. The van der Waals surface area contributed by atoms with E-state index < -0.39 is 5.97 Å². The van der Waals surface area contributed by atoms with E-state index in [1.54, 1.807) is 24.3 Å². The minimum atomic E-state index is -0.486. The largest absolute Gasteiger partial charge is 0.465 e. The maximum atomic E-state index is 11.6. The molecule has 20 heavy (non-hydrogen) atoms. The molecular weight excluding hydrogens is 278 g/mol. The van der Waals surface area contributed by atoms with E-state index in [2.05, 4.69) is 10.1 Å². The molecule has 0 saturated heterocycles. The first kappa shape index (κ1) is 14.6. The Kier molecular flexibility index (Phi) is 4.45. The molecule has 1 aromatic carbocycles. The fraction of sp³-hybridized carbons (Fsp3) is 0.333. The Hall–Kier alpha value is -1.81. The molecule has 1 atom stereocenters. The normalized spacial score (nSPS) is 18.4. The molecule has 0 fully saturated rings. The summed E-state index contributed by atoms with van der Waals surface area (Å²) >= 11 is 6.21. The van der Waals surface area contributed by atoms with E-state index in [1.807, 2.05) is 6.92 Å². The fourth-order valence-electron chi connectivity index (χ4n) is 2.11. The van der Waals surface area contributed by atoms with Crippen molar-refractivity contribution in [3.8, 4) is 0 Å². The van der Waals surface area contributed by atoms with Gasteiger partial charge < -0.3 is 10.1 Å². The van der Waals surface area contributed by atoms with Crippen molar-refractivity contribution in [3.05, 3.63) is 40.6 Å². The highest BCUT2D eigenvalue weighted by Gasteiger charge is 2.20. The van der Waals surface area contributed by atoms with E-state index in [-0.39, 0.29) is 11.7 Å². The summed E-state index contributed by atoms with van der Waals surface area (Å²) in [5.74, 6) is -0.128. The summed E-state index contributed by atoms with van der Waals surface area (Å²) in [6.07, 6.45) is 2.99. The second kappa shape index (κ2) is 6.09. The molecule has 1 N–H and O–H groups in total. The highest BCUT2D eigenvalue weighted by atomic mass is 35.5. The van der Waals surface area contributed by atoms with Gasteiger partial charge in [0.25, 0.3) is 0 Å². The molecule has 2 rings (SSSR count). The van der Waals surface area contributed by atoms with Crippen molar-refractivity contribution in [3.63, 3.8) is 0 Å². The van der Waals surface area contributed by atoms with Gasteiger partial charge in [0.2, 0.25) is 0 Å². The van der Waals surface area contributed by atoms with Crippen molar-refractivity contribution < 1.29 is 14.3 Å². The average molecular weight is 294 g/mol. The third kappa shape index (κ3) is 3.02. The van der Waals surface area contributed by atoms with E-state index in [0.29, 0.717) is 22.7 Å². The molecule has 1 unspecified atom stereocenters. The van der Waals surface area contributed by atoms with E-state index in [9.17, 15) is 9.59 Å². The van der Waals surface area contributed by atoms with Crippen LogP contribution in [0.1, 0.15) is 30.1 Å². The van der Waals surface area contributed by atoms with Crippen LogP contribution in [-0.2, 0) is 9.53 Å². The number of carbonyl (C=O) groups excluding carboxylic acids is 2. The molecule has 0 heterocycles. The molecule has 106 valence electrons. The highest BCUT2D eigenvalue weighted by Crippen LogP contribution is 2.30. The van der Waals surface area contributed by atoms with E-state index in [1.165, 1.54) is 7.11 Å². The van der Waals surface area contributed by atoms with Crippen LogP contribution in [0, 0.1) is 5.92 Å². The van der Waals surface area contributed by atoms with Crippen LogP contribution in [-0.4, -0.2) is 18.9 Å². The van der Waals surface area contributed by atoms with Crippen LogP contribution in [0.4, 0.5) is 5.69 Å². The molecule has 0 bridgehead atoms. The number of carbonyl (C=O) groups is 2. The molecule has 0 spiro atoms. The molecule has 0 aromatic heterocycles. The van der Waals surface area contributed by atoms with Crippen LogP contribution in [0.3, 0.4) is 0 Å². The lowest BCUT2D eigenvalue weighted by Crippen LogP contribution is -2.17. The summed E-state index contributed by atoms with van der Waals surface area (Å²) in [5.41, 5.74) is 1.72. The summed E-state index contributed by atoms with van der Waals surface area (Å²) in [6, 6.07) is 5.08. The number of halogens is 1. The summed E-state index contributed by atoms with van der Waals surface area (Å²) in [7, 11) is 1.31. The first-order chi connectivity index (χ1) is 9.52. The number of rotatable bonds is 3. The van der Waals surface area contributed by atoms with E-state index in [4.69, 9.17) is 11.6 Å². The molecular formula is C15H16ClNO3. The first-order valence-electron chi connectivity index (χ1n) is 6.41. The molecule has 0 saturated carbocycles. The van der Waals surface area contributed by atoms with Crippen LogP contribution < -0.4 is 5.32 Å². The van der Waals surface area contributed by atoms with Gasteiger partial charge in [-0.25, -0.2) is 4.79 Å². The summed E-state index contributed by atoms with van der Waals surface area (Å²) in [4.78, 5) is 23.1. The Morgan fingerprint density at radius 1 is 1.45 bits per heavy atom. The van der Waals surface area contributed by atoms with Crippen molar-refractivity contribution in [1.29, 1.82) is 0 Å². The summed E-state index contributed by atoms with van der Waals surface area (Å²) in [6.45, 7) is 2.04. The molecule has 0 radical (unpaired) electrons. The number of ether oxygens (including phenoxy) is 1. The quantitative estimate of drug-likeness (QED) is 0.868. The Morgan fingerprint density at radius 3 is 2.90 bits per heavy atom. The van der Waals surface area contributed by atoms with Gasteiger partial charge in [0.05, 0.1) is 23.4 Å². The first-order valence-corrected chi connectivity index (χ1v) is 6.79. The van der Waals surface area contributed by atoms with Gasteiger partial charge in [0.15, 0.2) is 5.78 Å². The summed E-state index contributed by atoms with van der Waals surface area (Å²) < 4.78 is 4.68. The maximum Gasteiger partial charge on any atom is 0.339 e. The van der Waals surface area contributed by atoms with Crippen LogP contribution in [0.2, 0.25) is 5.02 Å². The zero-order chi connectivity index (χ0) is 14.7. The predicted molar refractivity (Wildman–Crippen MR) is 77.9 cm³/mol. The van der Waals surface area contributed by atoms with Crippen LogP contribution in [0.15, 0.2) is 30.0 Å². The lowest BCUT2D eigenvalue weighted by Gasteiger charge is -2.22. The van der Waals surface area contributed by atoms with Crippen molar-refractivity contribution in [2.45, 2.75) is 19.8 Å². The minimum absolute atomic E-state index is 0.103. The van der Waals surface area contributed by atoms with Crippen molar-refractivity contribution in [2.75, 3.05) is 12.4 Å². The molecule has 4 nitrogen and oxygen atoms in total. The second-order valence-electron chi connectivity index (χ2n) is 4.79. The zero-order valence-corrected chi connectivity index (χ0v) is 12.2. The van der Waals surface area contributed by atoms with E-state index >= 15 is 0 Å². The highest BCUT2D eigenvalue weighted by molar-refractivity contribution is 6.36. The van der Waals surface area contributed by atoms with Crippen molar-refractivity contribution >= 4 is 29.0 Å². The van der Waals surface area contributed by atoms with Gasteiger partial charge in [-0.3, -0.25) is 4.79 Å². The number of esters is 1. The zero-order valence-electron chi connectivity index (χ0n) is 11.4. The van der Waals surface area contributed by atoms with Crippen LogP contribution in [0.5, 0.6) is 0 Å². The van der Waals surface area contributed by atoms with Crippen molar-refractivity contribution in [1.82, 2.24) is 0 Å². The molecule has 1 aliphatic carbocycles. The number of anilines is 1. The van der Waals surface area contributed by atoms with Gasteiger partial charge in [0, 0.05) is 18.2 Å². The third-order valence-electron chi connectivity index (χ3n) is 3.35. The number of benzene rings is 1. The number of methoxy groups -OCH3 is 1. The molecule has 0 aliphatic heterocycles. The predicted octanol–water partition coefficient (Wildman–Crippen LogP) is 3.42. The van der Waals surface area contributed by atoms with Gasteiger partial charge >= 0.3 is 5.97 Å². The summed E-state index contributed by atoms with van der Waals surface area (Å²) in [5, 5.41) is 3.45. The monoisotopic (exact) mass is 293 g/mol. The third-order valence-corrected chi connectivity index (χ3v) is 3.76. The Bertz CT molecular complexity index is 580. The van der Waals surface area contributed by atoms with Gasteiger partial charge in [-0.1, -0.05) is 24.6 Å². The molecule has 1 aliphatic rings. The number of allylic oxidation sites excluding steroid dienone is 2. The molecule has 5 heteroatoms. The second-order valence-corrected chi connectivity index (χ2v) is 5.17. The number of ketones is 1. The average Bonchev–Trinajstić information content (AvgIpc) is 2.44. The van der Waals surface area contributed by atoms with Crippen molar-refractivity contribution in [2.24, 2.45) is 5.92 Å². The van der Waals surface area contributed by atoms with Gasteiger partial charge in [0.1, 0.15) is 0 Å². The van der Waals surface area contributed by atoms with Gasteiger partial charge in [-0.05, 0) is 24.5 Å². The Balaban J connectivity index is 2.30. The molecule has 0 amide bonds. The van der Waals surface area contributed by atoms with Gasteiger partial charge in [-0.15, -0.1) is 0 Å². The topological polar surface area (TPSA) is 55.4 Å². The lowest BCUT2D eigenvalue weighted by molar-refractivity contribution is -0.115. The van der Waals surface area contributed by atoms with Crippen LogP contribution >= 0.6 is 11.6 Å². The molecule has 1 aromatic rings. The number of hydrogen-bond donors (Lipinski definition) is 1. The maximum absolute atomic E-state index is 11.6. The lowest BCUT2D eigenvalue weighted by atomic mass is 9.93. The number of hydrogen-bond acceptors (Lipinski definition) is 4.